The van der Waals surface area contributed by atoms with E-state index in [0.29, 0.717) is 0 Å². The summed E-state index contributed by atoms with van der Waals surface area (Å²) in [7, 11) is -6.59. The van der Waals surface area contributed by atoms with E-state index >= 15 is 0 Å². The molecule has 8 heteroatoms. The Morgan fingerprint density at radius 1 is 1.30 bits per heavy atom. The Morgan fingerprint density at radius 3 is 2.35 bits per heavy atom. The number of benzene rings is 1. The molecule has 0 aliphatic heterocycles. The van der Waals surface area contributed by atoms with Crippen molar-refractivity contribution in [2.45, 2.75) is 37.4 Å². The summed E-state index contributed by atoms with van der Waals surface area (Å²) in [6.07, 6.45) is 0.895. The molecule has 0 fully saturated rings. The Bertz CT molecular complexity index is 571. The zero-order valence-electron chi connectivity index (χ0n) is 11.2. The standard InChI is InChI=1S/C12H18O5SSi.Li.H/c1-4-9-19(2,3)17-12(13)10-7-5-6-8-11(10)18(14,15)16;;/h5-8H,4,9H2,1-3H3,(H,14,15,16);;. The monoisotopic (exact) mass is 310 g/mol. The summed E-state index contributed by atoms with van der Waals surface area (Å²) < 4.78 is 36.9. The van der Waals surface area contributed by atoms with Gasteiger partial charge in [-0.25, -0.2) is 4.79 Å². The number of hydrogen-bond acceptors (Lipinski definition) is 4. The molecule has 0 saturated heterocycles. The SMILES string of the molecule is CCC[Si](C)(C)OC(=O)c1ccccc1S(=O)(=O)O.[LiH]. The van der Waals surface area contributed by atoms with Gasteiger partial charge in [0.1, 0.15) is 4.90 Å². The van der Waals surface area contributed by atoms with E-state index in [1.54, 1.807) is 0 Å². The van der Waals surface area contributed by atoms with Crippen molar-refractivity contribution in [3.05, 3.63) is 29.8 Å². The Hall–Kier alpha value is -0.586. The fourth-order valence-electron chi connectivity index (χ4n) is 1.82. The quantitative estimate of drug-likeness (QED) is 0.665. The summed E-state index contributed by atoms with van der Waals surface area (Å²) in [6, 6.07) is 6.28. The second-order valence-corrected chi connectivity index (χ2v) is 10.5. The molecule has 1 N–H and O–H groups in total. The molecule has 0 radical (unpaired) electrons. The van der Waals surface area contributed by atoms with Crippen molar-refractivity contribution >= 4 is 43.3 Å². The molecule has 108 valence electrons. The molecule has 1 rings (SSSR count). The van der Waals surface area contributed by atoms with Crippen LogP contribution in [0.3, 0.4) is 0 Å². The minimum absolute atomic E-state index is 0. The second-order valence-electron chi connectivity index (χ2n) is 4.87. The van der Waals surface area contributed by atoms with E-state index in [2.05, 4.69) is 0 Å². The maximum absolute atomic E-state index is 12.0. The van der Waals surface area contributed by atoms with Gasteiger partial charge in [-0.05, 0) is 31.3 Å². The van der Waals surface area contributed by atoms with E-state index in [1.165, 1.54) is 24.3 Å². The number of hydrogen-bond donors (Lipinski definition) is 1. The first-order chi connectivity index (χ1) is 8.67. The average Bonchev–Trinajstić information content (AvgIpc) is 2.27. The summed E-state index contributed by atoms with van der Waals surface area (Å²) in [6.45, 7) is 5.78. The molecule has 0 unspecified atom stereocenters. The van der Waals surface area contributed by atoms with Gasteiger partial charge in [0.05, 0.1) is 5.56 Å². The first-order valence-corrected chi connectivity index (χ1v) is 10.5. The van der Waals surface area contributed by atoms with E-state index in [-0.39, 0.29) is 24.4 Å². The maximum atomic E-state index is 12.0. The summed E-state index contributed by atoms with van der Waals surface area (Å²) in [5.74, 6) is -0.696. The van der Waals surface area contributed by atoms with Crippen molar-refractivity contribution in [3.63, 3.8) is 0 Å². The van der Waals surface area contributed by atoms with Crippen molar-refractivity contribution < 1.29 is 22.2 Å². The molecule has 0 amide bonds. The summed E-state index contributed by atoms with van der Waals surface area (Å²) in [5.41, 5.74) is -0.123. The molecule has 0 aliphatic carbocycles. The molecule has 0 spiro atoms. The molecule has 20 heavy (non-hydrogen) atoms. The molecule has 0 atom stereocenters. The topological polar surface area (TPSA) is 80.7 Å². The number of rotatable bonds is 5. The third-order valence-electron chi connectivity index (χ3n) is 2.61. The Labute approximate surface area is 132 Å². The number of carbonyl (C=O) groups excluding carboxylic acids is 1. The van der Waals surface area contributed by atoms with Gasteiger partial charge in [-0.1, -0.05) is 25.5 Å². The Morgan fingerprint density at radius 2 is 1.85 bits per heavy atom. The molecule has 0 heterocycles. The zero-order valence-corrected chi connectivity index (χ0v) is 13.0. The molecule has 0 aromatic heterocycles. The van der Waals surface area contributed by atoms with Gasteiger partial charge in [0.2, 0.25) is 8.32 Å². The van der Waals surface area contributed by atoms with Crippen LogP contribution >= 0.6 is 0 Å². The summed E-state index contributed by atoms with van der Waals surface area (Å²) in [5, 5.41) is 0. The molecule has 5 nitrogen and oxygen atoms in total. The van der Waals surface area contributed by atoms with E-state index < -0.39 is 29.3 Å². The Kier molecular flexibility index (Phi) is 7.21. The molecular weight excluding hydrogens is 291 g/mol. The van der Waals surface area contributed by atoms with Gasteiger partial charge in [0.15, 0.2) is 0 Å². The fraction of sp³-hybridized carbons (Fsp3) is 0.417. The fourth-order valence-corrected chi connectivity index (χ4v) is 4.42. The third-order valence-corrected chi connectivity index (χ3v) is 5.96. The summed E-state index contributed by atoms with van der Waals surface area (Å²) >= 11 is 0. The van der Waals surface area contributed by atoms with Gasteiger partial charge >= 0.3 is 24.8 Å². The third kappa shape index (κ3) is 5.42. The molecule has 1 aromatic carbocycles. The van der Waals surface area contributed by atoms with E-state index in [0.717, 1.165) is 12.5 Å². The van der Waals surface area contributed by atoms with Gasteiger partial charge in [-0.3, -0.25) is 4.55 Å². The van der Waals surface area contributed by atoms with Crippen LogP contribution in [0.15, 0.2) is 29.2 Å². The Balaban J connectivity index is 0.00000361. The molecule has 0 bridgehead atoms. The van der Waals surface area contributed by atoms with Crippen LogP contribution in [0.4, 0.5) is 0 Å². The van der Waals surface area contributed by atoms with E-state index in [9.17, 15) is 13.2 Å². The number of carbonyl (C=O) groups is 1. The van der Waals surface area contributed by atoms with E-state index in [1.807, 2.05) is 20.0 Å². The van der Waals surface area contributed by atoms with Gasteiger partial charge in [0, 0.05) is 0 Å². The van der Waals surface area contributed by atoms with Gasteiger partial charge in [-0.2, -0.15) is 8.42 Å². The molecule has 0 aliphatic rings. The van der Waals surface area contributed by atoms with Crippen molar-refractivity contribution in [1.29, 1.82) is 0 Å². The van der Waals surface area contributed by atoms with Gasteiger partial charge in [-0.15, -0.1) is 0 Å². The first-order valence-electron chi connectivity index (χ1n) is 5.97. The van der Waals surface area contributed by atoms with Gasteiger partial charge in [0.25, 0.3) is 10.1 Å². The first kappa shape index (κ1) is 19.4. The minimum atomic E-state index is -4.43. The van der Waals surface area contributed by atoms with Crippen molar-refractivity contribution in [2.75, 3.05) is 0 Å². The molecule has 1 aromatic rings. The van der Waals surface area contributed by atoms with Crippen molar-refractivity contribution in [2.24, 2.45) is 0 Å². The second kappa shape index (κ2) is 7.43. The zero-order chi connectivity index (χ0) is 14.7. The van der Waals surface area contributed by atoms with Crippen LogP contribution in [0.25, 0.3) is 0 Å². The average molecular weight is 310 g/mol. The van der Waals surface area contributed by atoms with Crippen LogP contribution in [0, 0.1) is 0 Å². The van der Waals surface area contributed by atoms with Crippen molar-refractivity contribution in [1.82, 2.24) is 0 Å². The van der Waals surface area contributed by atoms with Crippen LogP contribution in [0.1, 0.15) is 23.7 Å². The normalized spacial score (nSPS) is 11.6. The van der Waals surface area contributed by atoms with Crippen LogP contribution in [-0.4, -0.2) is 46.1 Å². The van der Waals surface area contributed by atoms with Crippen LogP contribution < -0.4 is 0 Å². The predicted molar refractivity (Wildman–Crippen MR) is 81.4 cm³/mol. The van der Waals surface area contributed by atoms with E-state index in [4.69, 9.17) is 8.98 Å². The molecular formula is C12H19LiO5SSi. The summed E-state index contributed by atoms with van der Waals surface area (Å²) in [4.78, 5) is 11.6. The van der Waals surface area contributed by atoms with Crippen LogP contribution in [0.5, 0.6) is 0 Å². The van der Waals surface area contributed by atoms with Crippen molar-refractivity contribution in [3.8, 4) is 0 Å². The van der Waals surface area contributed by atoms with Crippen LogP contribution in [0.2, 0.25) is 19.1 Å². The van der Waals surface area contributed by atoms with Gasteiger partial charge < -0.3 is 4.43 Å². The molecule has 0 saturated carbocycles. The van der Waals surface area contributed by atoms with Crippen LogP contribution in [-0.2, 0) is 14.5 Å². The predicted octanol–water partition coefficient (Wildman–Crippen LogP) is 2.06.